The molecule has 2 N–H and O–H groups in total. The molecule has 0 amide bonds. The second-order valence-corrected chi connectivity index (χ2v) is 3.23. The highest BCUT2D eigenvalue weighted by Gasteiger charge is 1.95. The van der Waals surface area contributed by atoms with Gasteiger partial charge in [-0.3, -0.25) is 0 Å². The lowest BCUT2D eigenvalue weighted by Crippen LogP contribution is -1.88. The quantitative estimate of drug-likeness (QED) is 0.710. The predicted octanol–water partition coefficient (Wildman–Crippen LogP) is 2.87. The summed E-state index contributed by atoms with van der Waals surface area (Å²) in [6.07, 6.45) is 2.11. The fourth-order valence-electron chi connectivity index (χ4n) is 1.39. The third kappa shape index (κ3) is 2.13. The fraction of sp³-hybridized carbons (Fsp3) is 0. The van der Waals surface area contributed by atoms with Crippen LogP contribution in [-0.2, 0) is 0 Å². The maximum atomic E-state index is 5.69. The summed E-state index contributed by atoms with van der Waals surface area (Å²) in [5.41, 5.74) is 8.82. The molecule has 2 rings (SSSR count). The third-order valence-electron chi connectivity index (χ3n) is 2.04. The van der Waals surface area contributed by atoms with Crippen molar-refractivity contribution in [2.75, 3.05) is 5.73 Å². The van der Waals surface area contributed by atoms with Crippen molar-refractivity contribution in [2.24, 2.45) is 0 Å². The molecule has 0 bridgehead atoms. The molecule has 0 saturated carbocycles. The zero-order valence-electron chi connectivity index (χ0n) is 7.85. The van der Waals surface area contributed by atoms with Crippen LogP contribution in [0.25, 0.3) is 0 Å². The standard InChI is InChI=1S/C13H12N/c14-13-8-4-7-12(10-13)9-11-5-2-1-3-6-11/h1-10H,14H2. The minimum Gasteiger partial charge on any atom is -0.399 e. The lowest BCUT2D eigenvalue weighted by Gasteiger charge is -2.01. The Labute approximate surface area is 84.2 Å². The number of anilines is 1. The molecule has 0 fully saturated rings. The fourth-order valence-corrected chi connectivity index (χ4v) is 1.39. The molecule has 0 aliphatic heterocycles. The van der Waals surface area contributed by atoms with Gasteiger partial charge in [0.25, 0.3) is 0 Å². The number of benzene rings is 2. The molecule has 0 saturated heterocycles. The van der Waals surface area contributed by atoms with Crippen molar-refractivity contribution in [1.82, 2.24) is 0 Å². The van der Waals surface area contributed by atoms with Gasteiger partial charge in [-0.15, -0.1) is 0 Å². The molecular weight excluding hydrogens is 170 g/mol. The van der Waals surface area contributed by atoms with Crippen molar-refractivity contribution >= 4 is 5.69 Å². The summed E-state index contributed by atoms with van der Waals surface area (Å²) in [5.74, 6) is 0. The zero-order chi connectivity index (χ0) is 9.80. The number of hydrogen-bond donors (Lipinski definition) is 1. The molecule has 0 unspecified atom stereocenters. The molecule has 1 heteroatoms. The predicted molar refractivity (Wildman–Crippen MR) is 59.8 cm³/mol. The molecule has 14 heavy (non-hydrogen) atoms. The molecule has 1 radical (unpaired) electrons. The molecule has 0 spiro atoms. The van der Waals surface area contributed by atoms with Gasteiger partial charge in [0.05, 0.1) is 0 Å². The van der Waals surface area contributed by atoms with Crippen LogP contribution in [-0.4, -0.2) is 0 Å². The van der Waals surface area contributed by atoms with Gasteiger partial charge in [0.1, 0.15) is 0 Å². The lowest BCUT2D eigenvalue weighted by molar-refractivity contribution is 1.43. The van der Waals surface area contributed by atoms with Crippen LogP contribution in [0.5, 0.6) is 0 Å². The summed E-state index contributed by atoms with van der Waals surface area (Å²) >= 11 is 0. The van der Waals surface area contributed by atoms with Crippen LogP contribution < -0.4 is 5.73 Å². The molecule has 0 aromatic heterocycles. The summed E-state index contributed by atoms with van der Waals surface area (Å²) < 4.78 is 0. The van der Waals surface area contributed by atoms with E-state index in [2.05, 4.69) is 18.6 Å². The maximum Gasteiger partial charge on any atom is 0.0316 e. The summed E-state index contributed by atoms with van der Waals surface area (Å²) in [7, 11) is 0. The molecule has 2 aromatic carbocycles. The van der Waals surface area contributed by atoms with Gasteiger partial charge in [0, 0.05) is 12.1 Å². The van der Waals surface area contributed by atoms with Crippen LogP contribution in [0.15, 0.2) is 54.6 Å². The largest absolute Gasteiger partial charge is 0.399 e. The van der Waals surface area contributed by atoms with Gasteiger partial charge in [0.15, 0.2) is 0 Å². The number of hydrogen-bond acceptors (Lipinski definition) is 1. The van der Waals surface area contributed by atoms with E-state index in [1.54, 1.807) is 0 Å². The van der Waals surface area contributed by atoms with Crippen LogP contribution in [0.1, 0.15) is 11.1 Å². The Morgan fingerprint density at radius 3 is 2.21 bits per heavy atom. The second-order valence-electron chi connectivity index (χ2n) is 3.23. The van der Waals surface area contributed by atoms with E-state index >= 15 is 0 Å². The smallest absolute Gasteiger partial charge is 0.0316 e. The monoisotopic (exact) mass is 182 g/mol. The summed E-state index contributed by atoms with van der Waals surface area (Å²) in [4.78, 5) is 0. The third-order valence-corrected chi connectivity index (χ3v) is 2.04. The molecule has 0 atom stereocenters. The van der Waals surface area contributed by atoms with E-state index in [1.807, 2.05) is 42.5 Å². The Morgan fingerprint density at radius 1 is 0.786 bits per heavy atom. The van der Waals surface area contributed by atoms with Gasteiger partial charge in [-0.25, -0.2) is 0 Å². The summed E-state index contributed by atoms with van der Waals surface area (Å²) in [5, 5.41) is 0. The lowest BCUT2D eigenvalue weighted by atomic mass is 10.0. The minimum atomic E-state index is 0.801. The number of nitrogen functional groups attached to an aromatic ring is 1. The van der Waals surface area contributed by atoms with E-state index in [-0.39, 0.29) is 0 Å². The first-order chi connectivity index (χ1) is 6.84. The molecule has 0 aliphatic carbocycles. The molecular formula is C13H12N. The molecule has 0 heterocycles. The van der Waals surface area contributed by atoms with Crippen molar-refractivity contribution in [3.63, 3.8) is 0 Å². The average Bonchev–Trinajstić information content (AvgIpc) is 2.19. The molecule has 0 aliphatic rings. The highest BCUT2D eigenvalue weighted by Crippen LogP contribution is 2.13. The first-order valence-electron chi connectivity index (χ1n) is 4.60. The van der Waals surface area contributed by atoms with Crippen LogP contribution in [0.3, 0.4) is 0 Å². The van der Waals surface area contributed by atoms with Crippen molar-refractivity contribution in [1.29, 1.82) is 0 Å². The Hall–Kier alpha value is -1.76. The first kappa shape index (κ1) is 8.82. The van der Waals surface area contributed by atoms with Gasteiger partial charge < -0.3 is 5.73 Å². The van der Waals surface area contributed by atoms with E-state index in [9.17, 15) is 0 Å². The van der Waals surface area contributed by atoms with Crippen molar-refractivity contribution in [3.8, 4) is 0 Å². The Bertz CT molecular complexity index is 407. The van der Waals surface area contributed by atoms with Crippen LogP contribution in [0, 0.1) is 6.42 Å². The molecule has 2 aromatic rings. The van der Waals surface area contributed by atoms with Crippen molar-refractivity contribution < 1.29 is 0 Å². The topological polar surface area (TPSA) is 26.0 Å². The zero-order valence-corrected chi connectivity index (χ0v) is 7.85. The Balaban J connectivity index is 2.19. The summed E-state index contributed by atoms with van der Waals surface area (Å²) in [6.45, 7) is 0. The molecule has 69 valence electrons. The van der Waals surface area contributed by atoms with E-state index < -0.39 is 0 Å². The Kier molecular flexibility index (Phi) is 2.50. The first-order valence-corrected chi connectivity index (χ1v) is 4.60. The van der Waals surface area contributed by atoms with Gasteiger partial charge in [-0.1, -0.05) is 42.5 Å². The van der Waals surface area contributed by atoms with Gasteiger partial charge in [-0.05, 0) is 23.3 Å². The summed E-state index contributed by atoms with van der Waals surface area (Å²) in [6, 6.07) is 18.1. The van der Waals surface area contributed by atoms with Crippen LogP contribution in [0.2, 0.25) is 0 Å². The van der Waals surface area contributed by atoms with E-state index in [0.29, 0.717) is 0 Å². The highest BCUT2D eigenvalue weighted by atomic mass is 14.5. The second kappa shape index (κ2) is 3.97. The van der Waals surface area contributed by atoms with Crippen LogP contribution >= 0.6 is 0 Å². The highest BCUT2D eigenvalue weighted by molar-refractivity contribution is 5.46. The van der Waals surface area contributed by atoms with Gasteiger partial charge in [0.2, 0.25) is 0 Å². The number of nitrogens with two attached hydrogens (primary N) is 1. The van der Waals surface area contributed by atoms with Crippen molar-refractivity contribution in [2.45, 2.75) is 0 Å². The number of rotatable bonds is 2. The van der Waals surface area contributed by atoms with E-state index in [1.165, 1.54) is 5.56 Å². The maximum absolute atomic E-state index is 5.69. The van der Waals surface area contributed by atoms with Gasteiger partial charge >= 0.3 is 0 Å². The van der Waals surface area contributed by atoms with Gasteiger partial charge in [-0.2, -0.15) is 0 Å². The SMILES string of the molecule is Nc1cccc([CH]c2ccccc2)c1. The van der Waals surface area contributed by atoms with Crippen molar-refractivity contribution in [3.05, 3.63) is 72.1 Å². The normalized spacial score (nSPS) is 10.0. The molecule has 1 nitrogen and oxygen atoms in total. The van der Waals surface area contributed by atoms with Crippen LogP contribution in [0.4, 0.5) is 5.69 Å². The Morgan fingerprint density at radius 2 is 1.50 bits per heavy atom. The average molecular weight is 182 g/mol. The van der Waals surface area contributed by atoms with E-state index in [4.69, 9.17) is 5.73 Å². The van der Waals surface area contributed by atoms with E-state index in [0.717, 1.165) is 11.3 Å². The minimum absolute atomic E-state index is 0.801.